The highest BCUT2D eigenvalue weighted by Gasteiger charge is 2.22. The van der Waals surface area contributed by atoms with Gasteiger partial charge in [0.1, 0.15) is 10.8 Å². The Morgan fingerprint density at radius 2 is 2.26 bits per heavy atom. The molecule has 1 saturated carbocycles. The quantitative estimate of drug-likeness (QED) is 0.515. The normalized spacial score (nSPS) is 13.9. The summed E-state index contributed by atoms with van der Waals surface area (Å²) >= 11 is 4.85. The Balaban J connectivity index is 1.64. The molecule has 2 rings (SSSR count). The summed E-state index contributed by atoms with van der Waals surface area (Å²) in [5, 5.41) is 6.12. The number of nitrogens with one attached hydrogen (secondary N) is 2. The first-order chi connectivity index (χ1) is 9.15. The maximum Gasteiger partial charge on any atom is 0.220 e. The van der Waals surface area contributed by atoms with Crippen LogP contribution >= 0.6 is 12.2 Å². The molecule has 102 valence electrons. The Morgan fingerprint density at radius 3 is 2.84 bits per heavy atom. The van der Waals surface area contributed by atoms with Gasteiger partial charge in [-0.15, -0.1) is 0 Å². The highest BCUT2D eigenvalue weighted by molar-refractivity contribution is 7.80. The third-order valence-electron chi connectivity index (χ3n) is 2.88. The average molecular weight is 278 g/mol. The highest BCUT2D eigenvalue weighted by atomic mass is 32.1. The van der Waals surface area contributed by atoms with E-state index >= 15 is 0 Å². The first-order valence-corrected chi connectivity index (χ1v) is 6.85. The molecule has 1 aromatic rings. The van der Waals surface area contributed by atoms with E-state index in [9.17, 15) is 4.79 Å². The fourth-order valence-corrected chi connectivity index (χ4v) is 1.76. The SMILES string of the molecule is NC(=S)c1ccc(NCCCC(=O)NC2CC2)nc1. The predicted molar refractivity (Wildman–Crippen MR) is 79.0 cm³/mol. The van der Waals surface area contributed by atoms with Crippen LogP contribution in [0.15, 0.2) is 18.3 Å². The standard InChI is InChI=1S/C13H18N4OS/c14-13(19)9-3-6-11(16-8-9)15-7-1-2-12(18)17-10-4-5-10/h3,6,8,10H,1-2,4-5,7H2,(H2,14,19)(H,15,16)(H,17,18). The van der Waals surface area contributed by atoms with Crippen molar-refractivity contribution >= 4 is 28.9 Å². The lowest BCUT2D eigenvalue weighted by molar-refractivity contribution is -0.121. The van der Waals surface area contributed by atoms with Gasteiger partial charge in [-0.05, 0) is 31.4 Å². The van der Waals surface area contributed by atoms with Crippen molar-refractivity contribution in [2.24, 2.45) is 5.73 Å². The zero-order valence-corrected chi connectivity index (χ0v) is 11.5. The average Bonchev–Trinajstić information content (AvgIpc) is 3.19. The van der Waals surface area contributed by atoms with Crippen LogP contribution < -0.4 is 16.4 Å². The van der Waals surface area contributed by atoms with E-state index in [4.69, 9.17) is 18.0 Å². The number of nitrogens with zero attached hydrogens (tertiary/aromatic N) is 1. The van der Waals surface area contributed by atoms with Gasteiger partial charge in [-0.25, -0.2) is 4.98 Å². The Bertz CT molecular complexity index is 456. The lowest BCUT2D eigenvalue weighted by Gasteiger charge is -2.06. The molecule has 0 atom stereocenters. The van der Waals surface area contributed by atoms with E-state index in [1.165, 1.54) is 0 Å². The first-order valence-electron chi connectivity index (χ1n) is 6.44. The molecule has 0 aromatic carbocycles. The van der Waals surface area contributed by atoms with Crippen molar-refractivity contribution in [1.29, 1.82) is 0 Å². The number of hydrogen-bond donors (Lipinski definition) is 3. The number of rotatable bonds is 7. The molecule has 0 unspecified atom stereocenters. The number of aromatic nitrogens is 1. The van der Waals surface area contributed by atoms with Gasteiger partial charge < -0.3 is 16.4 Å². The topological polar surface area (TPSA) is 80.0 Å². The predicted octanol–water partition coefficient (Wildman–Crippen LogP) is 1.19. The molecule has 1 fully saturated rings. The van der Waals surface area contributed by atoms with E-state index in [0.717, 1.165) is 37.2 Å². The van der Waals surface area contributed by atoms with Gasteiger partial charge in [-0.2, -0.15) is 0 Å². The van der Waals surface area contributed by atoms with Gasteiger partial charge in [-0.1, -0.05) is 12.2 Å². The molecule has 1 aliphatic carbocycles. The number of carbonyl (C=O) groups is 1. The van der Waals surface area contributed by atoms with Gasteiger partial charge in [-0.3, -0.25) is 4.79 Å². The molecular weight excluding hydrogens is 260 g/mol. The molecule has 1 heterocycles. The van der Waals surface area contributed by atoms with E-state index in [1.807, 2.05) is 12.1 Å². The first kappa shape index (κ1) is 13.7. The monoisotopic (exact) mass is 278 g/mol. The van der Waals surface area contributed by atoms with Gasteiger partial charge in [0.05, 0.1) is 0 Å². The van der Waals surface area contributed by atoms with E-state index in [1.54, 1.807) is 6.20 Å². The highest BCUT2D eigenvalue weighted by Crippen LogP contribution is 2.18. The molecule has 0 aliphatic heterocycles. The van der Waals surface area contributed by atoms with Crippen LogP contribution in [0.25, 0.3) is 0 Å². The van der Waals surface area contributed by atoms with Crippen molar-refractivity contribution in [2.45, 2.75) is 31.7 Å². The molecule has 6 heteroatoms. The fourth-order valence-electron chi connectivity index (χ4n) is 1.64. The summed E-state index contributed by atoms with van der Waals surface area (Å²) in [4.78, 5) is 16.0. The van der Waals surface area contributed by atoms with Crippen molar-refractivity contribution in [3.05, 3.63) is 23.9 Å². The summed E-state index contributed by atoms with van der Waals surface area (Å²) in [5.41, 5.74) is 6.24. The second kappa shape index (κ2) is 6.47. The zero-order chi connectivity index (χ0) is 13.7. The third kappa shape index (κ3) is 4.82. The molecule has 0 radical (unpaired) electrons. The number of pyridine rings is 1. The maximum absolute atomic E-state index is 11.4. The molecule has 19 heavy (non-hydrogen) atoms. The molecule has 4 N–H and O–H groups in total. The second-order valence-electron chi connectivity index (χ2n) is 4.67. The number of thiocarbonyl (C=S) groups is 1. The lowest BCUT2D eigenvalue weighted by atomic mass is 10.2. The Hall–Kier alpha value is -1.69. The second-order valence-corrected chi connectivity index (χ2v) is 5.11. The van der Waals surface area contributed by atoms with E-state index < -0.39 is 0 Å². The summed E-state index contributed by atoms with van der Waals surface area (Å²) in [6.45, 7) is 0.720. The van der Waals surface area contributed by atoms with Crippen molar-refractivity contribution in [3.63, 3.8) is 0 Å². The number of hydrogen-bond acceptors (Lipinski definition) is 4. The third-order valence-corrected chi connectivity index (χ3v) is 3.11. The van der Waals surface area contributed by atoms with Crippen molar-refractivity contribution in [1.82, 2.24) is 10.3 Å². The van der Waals surface area contributed by atoms with Crippen LogP contribution in [0.4, 0.5) is 5.82 Å². The van der Waals surface area contributed by atoms with Gasteiger partial charge in [0.15, 0.2) is 0 Å². The molecule has 0 bridgehead atoms. The number of nitrogens with two attached hydrogens (primary N) is 1. The lowest BCUT2D eigenvalue weighted by Crippen LogP contribution is -2.25. The molecule has 0 saturated heterocycles. The minimum atomic E-state index is 0.140. The van der Waals surface area contributed by atoms with E-state index in [2.05, 4.69) is 15.6 Å². The van der Waals surface area contributed by atoms with Gasteiger partial charge >= 0.3 is 0 Å². The van der Waals surface area contributed by atoms with Crippen molar-refractivity contribution < 1.29 is 4.79 Å². The maximum atomic E-state index is 11.4. The minimum absolute atomic E-state index is 0.140. The molecular formula is C13H18N4OS. The van der Waals surface area contributed by atoms with Gasteiger partial charge in [0, 0.05) is 30.8 Å². The van der Waals surface area contributed by atoms with Crippen LogP contribution in [-0.4, -0.2) is 28.5 Å². The van der Waals surface area contributed by atoms with E-state index in [-0.39, 0.29) is 5.91 Å². The summed E-state index contributed by atoms with van der Waals surface area (Å²) < 4.78 is 0. The van der Waals surface area contributed by atoms with Crippen LogP contribution in [0.2, 0.25) is 0 Å². The molecule has 1 aromatic heterocycles. The Kier molecular flexibility index (Phi) is 4.68. The number of amides is 1. The summed E-state index contributed by atoms with van der Waals surface area (Å²) in [6, 6.07) is 4.10. The summed E-state index contributed by atoms with van der Waals surface area (Å²) in [5.74, 6) is 0.906. The number of anilines is 1. The molecule has 0 spiro atoms. The van der Waals surface area contributed by atoms with Crippen LogP contribution in [0, 0.1) is 0 Å². The van der Waals surface area contributed by atoms with Gasteiger partial charge in [0.25, 0.3) is 0 Å². The van der Waals surface area contributed by atoms with Crippen LogP contribution in [-0.2, 0) is 4.79 Å². The van der Waals surface area contributed by atoms with Crippen LogP contribution in [0.3, 0.4) is 0 Å². The number of carbonyl (C=O) groups excluding carboxylic acids is 1. The molecule has 1 amide bonds. The van der Waals surface area contributed by atoms with Gasteiger partial charge in [0.2, 0.25) is 5.91 Å². The zero-order valence-electron chi connectivity index (χ0n) is 10.7. The summed E-state index contributed by atoms with van der Waals surface area (Å²) in [6.07, 6.45) is 5.24. The molecule has 1 aliphatic rings. The smallest absolute Gasteiger partial charge is 0.220 e. The van der Waals surface area contributed by atoms with Crippen LogP contribution in [0.1, 0.15) is 31.2 Å². The Labute approximate surface area is 118 Å². The fraction of sp³-hybridized carbons (Fsp3) is 0.462. The Morgan fingerprint density at radius 1 is 1.47 bits per heavy atom. The summed E-state index contributed by atoms with van der Waals surface area (Å²) in [7, 11) is 0. The van der Waals surface area contributed by atoms with Crippen LogP contribution in [0.5, 0.6) is 0 Å². The van der Waals surface area contributed by atoms with E-state index in [0.29, 0.717) is 17.5 Å². The van der Waals surface area contributed by atoms with Crippen molar-refractivity contribution in [2.75, 3.05) is 11.9 Å². The molecule has 5 nitrogen and oxygen atoms in total. The largest absolute Gasteiger partial charge is 0.389 e. The van der Waals surface area contributed by atoms with Crippen molar-refractivity contribution in [3.8, 4) is 0 Å². The minimum Gasteiger partial charge on any atom is -0.389 e.